The van der Waals surface area contributed by atoms with Crippen LogP contribution in [0, 0.1) is 13.8 Å². The minimum atomic E-state index is -3.67. The highest BCUT2D eigenvalue weighted by Gasteiger charge is 2.16. The average Bonchev–Trinajstić information content (AvgIpc) is 2.42. The Bertz CT molecular complexity index is 752. The molecule has 0 aromatic heterocycles. The smallest absolute Gasteiger partial charge is 0.261 e. The zero-order valence-corrected chi connectivity index (χ0v) is 13.1. The molecule has 0 bridgehead atoms. The van der Waals surface area contributed by atoms with Crippen molar-refractivity contribution in [2.45, 2.75) is 31.8 Å². The van der Waals surface area contributed by atoms with E-state index in [9.17, 15) is 13.5 Å². The van der Waals surface area contributed by atoms with Gasteiger partial charge in [0.1, 0.15) is 0 Å². The van der Waals surface area contributed by atoms with E-state index in [-0.39, 0.29) is 4.90 Å². The average molecular weight is 305 g/mol. The standard InChI is InChI=1S/C16H19NO3S/c1-11-7-8-16(12(2)9-11)17-21(19,20)15-6-4-5-14(10-15)13(3)18/h4-10,13,17-18H,1-3H3. The molecule has 0 saturated carbocycles. The number of hydrogen-bond donors (Lipinski definition) is 2. The predicted molar refractivity (Wildman–Crippen MR) is 83.8 cm³/mol. The highest BCUT2D eigenvalue weighted by molar-refractivity contribution is 7.92. The van der Waals surface area contributed by atoms with Gasteiger partial charge in [-0.05, 0) is 50.1 Å². The SMILES string of the molecule is Cc1ccc(NS(=O)(=O)c2cccc(C(C)O)c2)c(C)c1. The van der Waals surface area contributed by atoms with Crippen LogP contribution in [-0.2, 0) is 10.0 Å². The Morgan fingerprint density at radius 2 is 1.81 bits per heavy atom. The van der Waals surface area contributed by atoms with Crippen LogP contribution in [0.1, 0.15) is 29.7 Å². The van der Waals surface area contributed by atoms with Gasteiger partial charge in [-0.3, -0.25) is 4.72 Å². The second-order valence-corrected chi connectivity index (χ2v) is 6.85. The normalized spacial score (nSPS) is 13.0. The predicted octanol–water partition coefficient (Wildman–Crippen LogP) is 3.16. The van der Waals surface area contributed by atoms with E-state index in [1.165, 1.54) is 12.1 Å². The summed E-state index contributed by atoms with van der Waals surface area (Å²) in [5.74, 6) is 0. The number of nitrogens with one attached hydrogen (secondary N) is 1. The molecule has 1 unspecified atom stereocenters. The fourth-order valence-electron chi connectivity index (χ4n) is 2.07. The molecule has 0 aliphatic heterocycles. The summed E-state index contributed by atoms with van der Waals surface area (Å²) in [6.07, 6.45) is -0.707. The first-order chi connectivity index (χ1) is 9.79. The third kappa shape index (κ3) is 3.62. The van der Waals surface area contributed by atoms with E-state index < -0.39 is 16.1 Å². The first-order valence-corrected chi connectivity index (χ1v) is 8.16. The summed E-state index contributed by atoms with van der Waals surface area (Å²) < 4.78 is 27.4. The van der Waals surface area contributed by atoms with E-state index in [2.05, 4.69) is 4.72 Å². The van der Waals surface area contributed by atoms with Crippen LogP contribution in [0.4, 0.5) is 5.69 Å². The Morgan fingerprint density at radius 1 is 1.10 bits per heavy atom. The quantitative estimate of drug-likeness (QED) is 0.912. The minimum Gasteiger partial charge on any atom is -0.389 e. The molecule has 0 aliphatic rings. The number of aliphatic hydroxyl groups excluding tert-OH is 1. The summed E-state index contributed by atoms with van der Waals surface area (Å²) in [6.45, 7) is 5.41. The monoisotopic (exact) mass is 305 g/mol. The molecule has 2 N–H and O–H groups in total. The molecule has 0 heterocycles. The second kappa shape index (κ2) is 5.87. The van der Waals surface area contributed by atoms with Crippen molar-refractivity contribution in [1.29, 1.82) is 0 Å². The van der Waals surface area contributed by atoms with Crippen LogP contribution in [0.2, 0.25) is 0 Å². The van der Waals surface area contributed by atoms with Gasteiger partial charge in [0.25, 0.3) is 10.0 Å². The van der Waals surface area contributed by atoms with Crippen LogP contribution >= 0.6 is 0 Å². The van der Waals surface area contributed by atoms with Crippen molar-refractivity contribution in [3.8, 4) is 0 Å². The number of hydrogen-bond acceptors (Lipinski definition) is 3. The summed E-state index contributed by atoms with van der Waals surface area (Å²) in [5.41, 5.74) is 3.07. The molecule has 2 aromatic carbocycles. The van der Waals surface area contributed by atoms with Crippen LogP contribution in [0.25, 0.3) is 0 Å². The van der Waals surface area contributed by atoms with Gasteiger partial charge >= 0.3 is 0 Å². The van der Waals surface area contributed by atoms with Gasteiger partial charge in [0.05, 0.1) is 16.7 Å². The molecule has 4 nitrogen and oxygen atoms in total. The van der Waals surface area contributed by atoms with E-state index in [1.807, 2.05) is 26.0 Å². The fourth-order valence-corrected chi connectivity index (χ4v) is 3.26. The Balaban J connectivity index is 2.36. The highest BCUT2D eigenvalue weighted by atomic mass is 32.2. The molecule has 2 rings (SSSR count). The molecule has 21 heavy (non-hydrogen) atoms. The van der Waals surface area contributed by atoms with Gasteiger partial charge in [-0.2, -0.15) is 0 Å². The number of aliphatic hydroxyl groups is 1. The molecular formula is C16H19NO3S. The van der Waals surface area contributed by atoms with Crippen LogP contribution in [0.3, 0.4) is 0 Å². The first-order valence-electron chi connectivity index (χ1n) is 6.68. The van der Waals surface area contributed by atoms with Gasteiger partial charge in [-0.25, -0.2) is 8.42 Å². The molecule has 0 fully saturated rings. The van der Waals surface area contributed by atoms with Crippen molar-refractivity contribution in [3.05, 3.63) is 59.2 Å². The van der Waals surface area contributed by atoms with Crippen LogP contribution in [0.5, 0.6) is 0 Å². The van der Waals surface area contributed by atoms with E-state index >= 15 is 0 Å². The Morgan fingerprint density at radius 3 is 2.43 bits per heavy atom. The van der Waals surface area contributed by atoms with Crippen LogP contribution < -0.4 is 4.72 Å². The van der Waals surface area contributed by atoms with Gasteiger partial charge in [0.15, 0.2) is 0 Å². The summed E-state index contributed by atoms with van der Waals surface area (Å²) in [6, 6.07) is 11.8. The summed E-state index contributed by atoms with van der Waals surface area (Å²) in [4.78, 5) is 0.140. The lowest BCUT2D eigenvalue weighted by atomic mass is 10.1. The fraction of sp³-hybridized carbons (Fsp3) is 0.250. The van der Waals surface area contributed by atoms with Gasteiger partial charge in [0, 0.05) is 0 Å². The van der Waals surface area contributed by atoms with Crippen molar-refractivity contribution in [1.82, 2.24) is 0 Å². The van der Waals surface area contributed by atoms with Crippen molar-refractivity contribution in [3.63, 3.8) is 0 Å². The van der Waals surface area contributed by atoms with E-state index in [0.717, 1.165) is 11.1 Å². The molecule has 112 valence electrons. The van der Waals surface area contributed by atoms with Crippen LogP contribution in [-0.4, -0.2) is 13.5 Å². The number of rotatable bonds is 4. The van der Waals surface area contributed by atoms with Gasteiger partial charge in [-0.15, -0.1) is 0 Å². The van der Waals surface area contributed by atoms with Crippen molar-refractivity contribution in [2.75, 3.05) is 4.72 Å². The number of sulfonamides is 1. The lowest BCUT2D eigenvalue weighted by Crippen LogP contribution is -2.14. The lowest BCUT2D eigenvalue weighted by molar-refractivity contribution is 0.199. The molecule has 0 radical (unpaired) electrons. The van der Waals surface area contributed by atoms with Crippen molar-refractivity contribution < 1.29 is 13.5 Å². The topological polar surface area (TPSA) is 66.4 Å². The zero-order valence-electron chi connectivity index (χ0n) is 12.3. The number of anilines is 1. The molecule has 2 aromatic rings. The summed E-state index contributed by atoms with van der Waals surface area (Å²) in [5, 5.41) is 9.56. The van der Waals surface area contributed by atoms with Gasteiger partial charge in [0.2, 0.25) is 0 Å². The van der Waals surface area contributed by atoms with Crippen molar-refractivity contribution in [2.24, 2.45) is 0 Å². The van der Waals surface area contributed by atoms with E-state index in [0.29, 0.717) is 11.3 Å². The van der Waals surface area contributed by atoms with E-state index in [4.69, 9.17) is 0 Å². The van der Waals surface area contributed by atoms with Gasteiger partial charge in [-0.1, -0.05) is 29.8 Å². The zero-order chi connectivity index (χ0) is 15.6. The first kappa shape index (κ1) is 15.5. The Labute approximate surface area is 125 Å². The summed E-state index contributed by atoms with van der Waals surface area (Å²) >= 11 is 0. The third-order valence-corrected chi connectivity index (χ3v) is 4.64. The molecule has 0 saturated heterocycles. The third-order valence-electron chi connectivity index (χ3n) is 3.28. The minimum absolute atomic E-state index is 0.140. The van der Waals surface area contributed by atoms with E-state index in [1.54, 1.807) is 25.1 Å². The molecular weight excluding hydrogens is 286 g/mol. The number of benzene rings is 2. The Kier molecular flexibility index (Phi) is 4.34. The maximum absolute atomic E-state index is 12.4. The van der Waals surface area contributed by atoms with Crippen LogP contribution in [0.15, 0.2) is 47.4 Å². The van der Waals surface area contributed by atoms with Crippen molar-refractivity contribution >= 4 is 15.7 Å². The maximum Gasteiger partial charge on any atom is 0.261 e. The molecule has 5 heteroatoms. The second-order valence-electron chi connectivity index (χ2n) is 5.17. The largest absolute Gasteiger partial charge is 0.389 e. The molecule has 0 aliphatic carbocycles. The lowest BCUT2D eigenvalue weighted by Gasteiger charge is -2.12. The number of aryl methyl sites for hydroxylation is 2. The summed E-state index contributed by atoms with van der Waals surface area (Å²) in [7, 11) is -3.67. The molecule has 0 amide bonds. The molecule has 1 atom stereocenters. The molecule has 0 spiro atoms. The highest BCUT2D eigenvalue weighted by Crippen LogP contribution is 2.22. The Hall–Kier alpha value is -1.85. The van der Waals surface area contributed by atoms with Gasteiger partial charge < -0.3 is 5.11 Å². The maximum atomic E-state index is 12.4.